The van der Waals surface area contributed by atoms with Crippen molar-refractivity contribution in [1.82, 2.24) is 14.5 Å². The first-order valence-corrected chi connectivity index (χ1v) is 20.6. The van der Waals surface area contributed by atoms with Gasteiger partial charge in [-0.1, -0.05) is 182 Å². The summed E-state index contributed by atoms with van der Waals surface area (Å²) >= 11 is 0. The van der Waals surface area contributed by atoms with Crippen LogP contribution in [-0.4, -0.2) is 14.5 Å². The highest BCUT2D eigenvalue weighted by Crippen LogP contribution is 2.57. The number of fused-ring (bicyclic) bond motifs is 7. The Bertz CT molecular complexity index is 3350. The van der Waals surface area contributed by atoms with Gasteiger partial charge in [0.25, 0.3) is 0 Å². The molecular weight excluding hydrogens is 727 g/mol. The Balaban J connectivity index is 0.993. The van der Waals surface area contributed by atoms with Crippen molar-refractivity contribution >= 4 is 32.7 Å². The van der Waals surface area contributed by atoms with Gasteiger partial charge in [-0.2, -0.15) is 0 Å². The normalized spacial score (nSPS) is 12.8. The Morgan fingerprint density at radius 1 is 0.350 bits per heavy atom. The van der Waals surface area contributed by atoms with Gasteiger partial charge in [-0.25, -0.2) is 9.97 Å². The minimum absolute atomic E-state index is 0.474. The van der Waals surface area contributed by atoms with E-state index >= 15 is 0 Å². The van der Waals surface area contributed by atoms with Crippen molar-refractivity contribution < 1.29 is 0 Å². The average molecular weight is 764 g/mol. The van der Waals surface area contributed by atoms with Crippen LogP contribution in [0.15, 0.2) is 224 Å². The van der Waals surface area contributed by atoms with Crippen molar-refractivity contribution in [2.75, 3.05) is 0 Å². The van der Waals surface area contributed by atoms with E-state index < -0.39 is 5.41 Å². The van der Waals surface area contributed by atoms with E-state index in [9.17, 15) is 0 Å². The summed E-state index contributed by atoms with van der Waals surface area (Å²) in [6.45, 7) is 0. The molecule has 0 saturated heterocycles. The highest BCUT2D eigenvalue weighted by atomic mass is 15.1. The van der Waals surface area contributed by atoms with Gasteiger partial charge in [0.15, 0.2) is 0 Å². The van der Waals surface area contributed by atoms with E-state index in [4.69, 9.17) is 9.97 Å². The lowest BCUT2D eigenvalue weighted by molar-refractivity contribution is 0.769. The summed E-state index contributed by atoms with van der Waals surface area (Å²) in [5, 5.41) is 3.51. The fourth-order valence-corrected chi connectivity index (χ4v) is 9.80. The molecule has 1 aliphatic carbocycles. The van der Waals surface area contributed by atoms with E-state index in [1.165, 1.54) is 38.8 Å². The third-order valence-electron chi connectivity index (χ3n) is 12.5. The maximum atomic E-state index is 5.40. The van der Waals surface area contributed by atoms with Crippen molar-refractivity contribution in [1.29, 1.82) is 0 Å². The number of para-hydroxylation sites is 3. The van der Waals surface area contributed by atoms with Crippen LogP contribution in [0.5, 0.6) is 0 Å². The van der Waals surface area contributed by atoms with Crippen LogP contribution >= 0.6 is 0 Å². The van der Waals surface area contributed by atoms with Crippen LogP contribution in [0.3, 0.4) is 0 Å². The largest absolute Gasteiger partial charge is 0.292 e. The molecule has 1 aliphatic rings. The number of nitrogens with zero attached hydrogens (tertiary/aromatic N) is 3. The lowest BCUT2D eigenvalue weighted by Crippen LogP contribution is -2.28. The molecule has 2 aromatic heterocycles. The fourth-order valence-electron chi connectivity index (χ4n) is 9.80. The Hall–Kier alpha value is -7.88. The van der Waals surface area contributed by atoms with Gasteiger partial charge in [-0.15, -0.1) is 0 Å². The lowest BCUT2D eigenvalue weighted by Gasteiger charge is -2.34. The number of pyridine rings is 1. The molecule has 3 nitrogen and oxygen atoms in total. The zero-order valence-corrected chi connectivity index (χ0v) is 32.7. The predicted octanol–water partition coefficient (Wildman–Crippen LogP) is 14.1. The highest BCUT2D eigenvalue weighted by molar-refractivity contribution is 6.13. The van der Waals surface area contributed by atoms with Gasteiger partial charge in [-0.05, 0) is 92.4 Å². The number of imidazole rings is 1. The second kappa shape index (κ2) is 13.6. The Labute approximate surface area is 348 Å². The van der Waals surface area contributed by atoms with E-state index in [0.29, 0.717) is 0 Å². The summed E-state index contributed by atoms with van der Waals surface area (Å²) in [5.41, 5.74) is 16.8. The van der Waals surface area contributed by atoms with Crippen molar-refractivity contribution in [3.8, 4) is 50.6 Å². The van der Waals surface area contributed by atoms with Gasteiger partial charge >= 0.3 is 0 Å². The maximum absolute atomic E-state index is 5.40. The first kappa shape index (κ1) is 34.2. The topological polar surface area (TPSA) is 30.7 Å². The molecule has 0 radical (unpaired) electrons. The van der Waals surface area contributed by atoms with Crippen molar-refractivity contribution in [3.05, 3.63) is 247 Å². The van der Waals surface area contributed by atoms with Gasteiger partial charge in [0.2, 0.25) is 0 Å². The SMILES string of the molecule is c1ccc(-c2nc3ccccc3n2-c2ccc(-c3ccc(-c4nc5ccccc5c5cc6c(cc45)-c4ccccc4C6(c4ccccc4)c4ccccc4)cc3)cc2)cc1. The van der Waals surface area contributed by atoms with E-state index in [1.54, 1.807) is 0 Å². The van der Waals surface area contributed by atoms with Crippen molar-refractivity contribution in [2.45, 2.75) is 5.41 Å². The Morgan fingerprint density at radius 2 is 0.917 bits per heavy atom. The number of benzene rings is 9. The van der Waals surface area contributed by atoms with E-state index in [0.717, 1.165) is 66.8 Å². The van der Waals surface area contributed by atoms with Gasteiger partial charge in [0.05, 0.1) is 27.7 Å². The molecule has 0 spiro atoms. The summed E-state index contributed by atoms with van der Waals surface area (Å²) in [6, 6.07) is 81.0. The summed E-state index contributed by atoms with van der Waals surface area (Å²) in [6.07, 6.45) is 0. The average Bonchev–Trinajstić information content (AvgIpc) is 3.86. The van der Waals surface area contributed by atoms with E-state index in [2.05, 4.69) is 217 Å². The van der Waals surface area contributed by atoms with Crippen LogP contribution in [0.4, 0.5) is 0 Å². The third-order valence-corrected chi connectivity index (χ3v) is 12.5. The zero-order valence-electron chi connectivity index (χ0n) is 32.7. The first-order chi connectivity index (χ1) is 29.8. The van der Waals surface area contributed by atoms with Crippen LogP contribution < -0.4 is 0 Å². The molecule has 0 bridgehead atoms. The van der Waals surface area contributed by atoms with Crippen LogP contribution in [0.25, 0.3) is 83.3 Å². The zero-order chi connectivity index (χ0) is 39.6. The summed E-state index contributed by atoms with van der Waals surface area (Å²) in [5.74, 6) is 0.934. The maximum Gasteiger partial charge on any atom is 0.145 e. The quantitative estimate of drug-likeness (QED) is 0.158. The van der Waals surface area contributed by atoms with Gasteiger partial charge in [0.1, 0.15) is 5.82 Å². The number of hydrogen-bond donors (Lipinski definition) is 0. The van der Waals surface area contributed by atoms with Crippen LogP contribution in [0.1, 0.15) is 22.3 Å². The minimum Gasteiger partial charge on any atom is -0.292 e. The fraction of sp³-hybridized carbons (Fsp3) is 0.0175. The molecule has 12 rings (SSSR count). The van der Waals surface area contributed by atoms with Gasteiger partial charge < -0.3 is 0 Å². The van der Waals surface area contributed by atoms with E-state index in [1.807, 2.05) is 12.1 Å². The molecule has 11 aromatic rings. The molecule has 0 unspecified atom stereocenters. The van der Waals surface area contributed by atoms with Gasteiger partial charge in [0, 0.05) is 27.6 Å². The lowest BCUT2D eigenvalue weighted by atomic mass is 9.67. The second-order valence-corrected chi connectivity index (χ2v) is 15.7. The minimum atomic E-state index is -0.474. The molecule has 0 aliphatic heterocycles. The second-order valence-electron chi connectivity index (χ2n) is 15.7. The predicted molar refractivity (Wildman–Crippen MR) is 247 cm³/mol. The van der Waals surface area contributed by atoms with Crippen molar-refractivity contribution in [2.24, 2.45) is 0 Å². The Morgan fingerprint density at radius 3 is 1.63 bits per heavy atom. The number of hydrogen-bond acceptors (Lipinski definition) is 2. The molecule has 280 valence electrons. The smallest absolute Gasteiger partial charge is 0.145 e. The number of aromatic nitrogens is 3. The number of rotatable bonds is 6. The third kappa shape index (κ3) is 5.16. The van der Waals surface area contributed by atoms with E-state index in [-0.39, 0.29) is 0 Å². The molecule has 0 saturated carbocycles. The summed E-state index contributed by atoms with van der Waals surface area (Å²) in [7, 11) is 0. The molecule has 0 N–H and O–H groups in total. The molecule has 0 amide bonds. The molecule has 2 heterocycles. The Kier molecular flexibility index (Phi) is 7.76. The molecule has 9 aromatic carbocycles. The van der Waals surface area contributed by atoms with Crippen LogP contribution in [-0.2, 0) is 5.41 Å². The van der Waals surface area contributed by atoms with Crippen molar-refractivity contribution in [3.63, 3.8) is 0 Å². The molecule has 60 heavy (non-hydrogen) atoms. The first-order valence-electron chi connectivity index (χ1n) is 20.6. The summed E-state index contributed by atoms with van der Waals surface area (Å²) < 4.78 is 2.26. The highest BCUT2D eigenvalue weighted by Gasteiger charge is 2.46. The molecule has 0 fully saturated rings. The molecule has 0 atom stereocenters. The van der Waals surface area contributed by atoms with Crippen LogP contribution in [0, 0.1) is 0 Å². The standard InChI is InChI=1S/C57H37N3/c1-4-16-41(17-5-1)56-59-53-26-14-15-27-54(53)60(56)44-34-32-39(33-35-44)38-28-30-40(31-29-38)55-49-36-48-45-22-10-12-24-50(45)57(42-18-6-2-7-19-42,43-20-8-3-9-21-43)51(48)37-47(49)46-23-11-13-25-52(46)58-55/h1-37H. The molecule has 3 heteroatoms. The van der Waals surface area contributed by atoms with Crippen LogP contribution in [0.2, 0.25) is 0 Å². The van der Waals surface area contributed by atoms with Gasteiger partial charge in [-0.3, -0.25) is 4.57 Å². The molecular formula is C57H37N3. The summed E-state index contributed by atoms with van der Waals surface area (Å²) in [4.78, 5) is 10.4. The monoisotopic (exact) mass is 763 g/mol.